The summed E-state index contributed by atoms with van der Waals surface area (Å²) in [7, 11) is -2.14. The van der Waals surface area contributed by atoms with Crippen molar-refractivity contribution in [1.82, 2.24) is 15.1 Å². The molecule has 13 heteroatoms. The molecular formula is C18H23BN4O8. The number of imide groups is 1. The summed E-state index contributed by atoms with van der Waals surface area (Å²) in [4.78, 5) is 51.0. The number of hydrogen-bond acceptors (Lipinski definition) is 8. The number of nitrogens with one attached hydrogen (secondary N) is 1. The number of carboxylic acids is 1. The summed E-state index contributed by atoms with van der Waals surface area (Å²) in [6, 6.07) is 3.06. The largest absolute Gasteiger partial charge is 0.507 e. The van der Waals surface area contributed by atoms with Gasteiger partial charge in [-0.05, 0) is 30.9 Å². The zero-order valence-corrected chi connectivity index (χ0v) is 16.5. The molecule has 2 saturated heterocycles. The summed E-state index contributed by atoms with van der Waals surface area (Å²) in [5, 5.41) is 41.7. The Morgan fingerprint density at radius 3 is 2.42 bits per heavy atom. The van der Waals surface area contributed by atoms with Gasteiger partial charge in [0.25, 0.3) is 5.91 Å². The Bertz CT molecular complexity index is 916. The first kappa shape index (κ1) is 22.5. The smallest absolute Gasteiger partial charge is 0.476 e. The highest BCUT2D eigenvalue weighted by atomic mass is 16.4. The molecule has 166 valence electrons. The first-order chi connectivity index (χ1) is 14.6. The molecule has 31 heavy (non-hydrogen) atoms. The van der Waals surface area contributed by atoms with Crippen LogP contribution in [0.25, 0.3) is 0 Å². The molecule has 1 aromatic carbocycles. The Morgan fingerprint density at radius 2 is 1.87 bits per heavy atom. The molecule has 12 nitrogen and oxygen atoms in total. The van der Waals surface area contributed by atoms with Crippen molar-refractivity contribution in [2.24, 2.45) is 5.73 Å². The van der Waals surface area contributed by atoms with E-state index >= 15 is 0 Å². The fourth-order valence-corrected chi connectivity index (χ4v) is 4.03. The number of hydrogen-bond donors (Lipinski definition) is 6. The average molecular weight is 434 g/mol. The van der Waals surface area contributed by atoms with Gasteiger partial charge in [-0.1, -0.05) is 12.1 Å². The molecule has 0 radical (unpaired) electrons. The second kappa shape index (κ2) is 8.53. The Morgan fingerprint density at radius 1 is 1.23 bits per heavy atom. The first-order valence-electron chi connectivity index (χ1n) is 9.65. The second-order valence-corrected chi connectivity index (χ2v) is 7.58. The van der Waals surface area contributed by atoms with Crippen LogP contribution in [0.5, 0.6) is 5.75 Å². The number of aromatic hydroxyl groups is 1. The number of phenols is 1. The molecule has 7 N–H and O–H groups in total. The number of amides is 4. The highest BCUT2D eigenvalue weighted by molar-refractivity contribution is 6.44. The van der Waals surface area contributed by atoms with E-state index in [1.54, 1.807) is 0 Å². The number of aromatic carboxylic acids is 1. The van der Waals surface area contributed by atoms with E-state index in [-0.39, 0.29) is 50.4 Å². The quantitative estimate of drug-likeness (QED) is 0.215. The molecule has 0 aliphatic carbocycles. The van der Waals surface area contributed by atoms with E-state index in [2.05, 4.69) is 5.32 Å². The molecule has 2 fully saturated rings. The lowest BCUT2D eigenvalue weighted by atomic mass is 9.74. The monoisotopic (exact) mass is 434 g/mol. The van der Waals surface area contributed by atoms with E-state index in [1.165, 1.54) is 23.1 Å². The van der Waals surface area contributed by atoms with Crippen LogP contribution in [0.1, 0.15) is 28.8 Å². The molecule has 1 spiro atoms. The number of urea groups is 1. The molecule has 2 heterocycles. The van der Waals surface area contributed by atoms with Gasteiger partial charge in [-0.2, -0.15) is 0 Å². The third-order valence-corrected chi connectivity index (χ3v) is 5.79. The van der Waals surface area contributed by atoms with Gasteiger partial charge in [-0.15, -0.1) is 0 Å². The predicted octanol–water partition coefficient (Wildman–Crippen LogP) is -2.11. The maximum Gasteiger partial charge on any atom is 0.476 e. The Kier molecular flexibility index (Phi) is 6.20. The second-order valence-electron chi connectivity index (χ2n) is 7.58. The molecule has 1 aromatic rings. The summed E-state index contributed by atoms with van der Waals surface area (Å²) >= 11 is 0. The van der Waals surface area contributed by atoms with Gasteiger partial charge in [-0.3, -0.25) is 14.5 Å². The molecule has 2 aliphatic rings. The minimum atomic E-state index is -2.14. The topological polar surface area (TPSA) is 194 Å². The van der Waals surface area contributed by atoms with Crippen molar-refractivity contribution in [3.05, 3.63) is 29.3 Å². The van der Waals surface area contributed by atoms with Gasteiger partial charge in [0.2, 0.25) is 5.91 Å². The van der Waals surface area contributed by atoms with Gasteiger partial charge in [0.1, 0.15) is 16.9 Å². The predicted molar refractivity (Wildman–Crippen MR) is 106 cm³/mol. The minimum absolute atomic E-state index is 0.0305. The zero-order valence-electron chi connectivity index (χ0n) is 16.5. The van der Waals surface area contributed by atoms with Gasteiger partial charge in [0, 0.05) is 13.1 Å². The van der Waals surface area contributed by atoms with Crippen molar-refractivity contribution in [2.75, 3.05) is 19.6 Å². The molecule has 0 saturated carbocycles. The number of carbonyl (C=O) groups excluding carboxylic acids is 3. The molecular weight excluding hydrogens is 411 g/mol. The van der Waals surface area contributed by atoms with Gasteiger partial charge in [0.15, 0.2) is 0 Å². The van der Waals surface area contributed by atoms with E-state index in [0.717, 1.165) is 0 Å². The van der Waals surface area contributed by atoms with Crippen LogP contribution in [-0.4, -0.2) is 92.1 Å². The standard InChI is InChI=1S/C18H23BN4O8/c20-9-13(24)22-6-4-18(5-7-22)16(28)23(17(29)21-18)12(19(30)31)8-10-2-1-3-11(14(10)25)15(26)27/h1-3,12,25,30-31H,4-9,20H2,(H,21,29)(H,26,27)/t12-/m0/s1. The molecule has 0 aromatic heterocycles. The number of nitrogens with two attached hydrogens (primary N) is 1. The fraction of sp³-hybridized carbons (Fsp3) is 0.444. The van der Waals surface area contributed by atoms with Crippen molar-refractivity contribution in [3.63, 3.8) is 0 Å². The maximum absolute atomic E-state index is 13.2. The van der Waals surface area contributed by atoms with Gasteiger partial charge in [0.05, 0.1) is 12.5 Å². The number of piperidine rings is 1. The molecule has 3 rings (SSSR count). The van der Waals surface area contributed by atoms with Crippen molar-refractivity contribution in [2.45, 2.75) is 30.7 Å². The molecule has 0 bridgehead atoms. The highest BCUT2D eigenvalue weighted by Crippen LogP contribution is 2.32. The number of likely N-dealkylation sites (tertiary alicyclic amines) is 1. The number of nitrogens with zero attached hydrogens (tertiary/aromatic N) is 2. The maximum atomic E-state index is 13.2. The lowest BCUT2D eigenvalue weighted by molar-refractivity contribution is -0.138. The van der Waals surface area contributed by atoms with E-state index in [9.17, 15) is 34.3 Å². The van der Waals surface area contributed by atoms with Gasteiger partial charge >= 0.3 is 19.1 Å². The Balaban J connectivity index is 1.84. The van der Waals surface area contributed by atoms with Gasteiger partial charge < -0.3 is 36.2 Å². The SMILES string of the molecule is NCC(=O)N1CCC2(CC1)NC(=O)N([C@@H](Cc1cccc(C(=O)O)c1O)B(O)O)C2=O. The number of rotatable bonds is 6. The normalized spacial score (nSPS) is 18.8. The van der Waals surface area contributed by atoms with Crippen LogP contribution < -0.4 is 11.1 Å². The first-order valence-corrected chi connectivity index (χ1v) is 9.65. The number of carbonyl (C=O) groups is 4. The Hall–Kier alpha value is -3.16. The van der Waals surface area contributed by atoms with Crippen LogP contribution in [0.3, 0.4) is 0 Å². The van der Waals surface area contributed by atoms with Crippen LogP contribution in [0.15, 0.2) is 18.2 Å². The molecule has 1 atom stereocenters. The summed E-state index contributed by atoms with van der Waals surface area (Å²) < 4.78 is 0. The van der Waals surface area contributed by atoms with E-state index < -0.39 is 47.8 Å². The van der Waals surface area contributed by atoms with E-state index in [0.29, 0.717) is 4.90 Å². The van der Waals surface area contributed by atoms with E-state index in [4.69, 9.17) is 10.8 Å². The van der Waals surface area contributed by atoms with Crippen molar-refractivity contribution >= 4 is 30.9 Å². The van der Waals surface area contributed by atoms with Crippen LogP contribution in [0.4, 0.5) is 4.79 Å². The highest BCUT2D eigenvalue weighted by Gasteiger charge is 2.56. The summed E-state index contributed by atoms with van der Waals surface area (Å²) in [6.07, 6.45) is -0.112. The van der Waals surface area contributed by atoms with Crippen molar-refractivity contribution in [3.8, 4) is 5.75 Å². The average Bonchev–Trinajstić information content (AvgIpc) is 2.96. The number of carboxylic acid groups (broad SMARTS) is 1. The molecule has 0 unspecified atom stereocenters. The zero-order chi connectivity index (χ0) is 22.9. The summed E-state index contributed by atoms with van der Waals surface area (Å²) in [5.74, 6) is -4.39. The molecule has 2 aliphatic heterocycles. The van der Waals surface area contributed by atoms with Gasteiger partial charge in [-0.25, -0.2) is 9.59 Å². The number of para-hydroxylation sites is 1. The fourth-order valence-electron chi connectivity index (χ4n) is 4.03. The Labute approximate surface area is 177 Å². The van der Waals surface area contributed by atoms with Crippen molar-refractivity contribution in [1.29, 1.82) is 0 Å². The lowest BCUT2D eigenvalue weighted by Gasteiger charge is -2.37. The molecule has 4 amide bonds. The van der Waals surface area contributed by atoms with Crippen LogP contribution in [0, 0.1) is 0 Å². The third-order valence-electron chi connectivity index (χ3n) is 5.79. The summed E-state index contributed by atoms with van der Waals surface area (Å²) in [5.41, 5.74) is 3.70. The van der Waals surface area contributed by atoms with E-state index in [1.807, 2.05) is 0 Å². The van der Waals surface area contributed by atoms with Crippen molar-refractivity contribution < 1.29 is 39.4 Å². The van der Waals surface area contributed by atoms with Crippen LogP contribution in [0.2, 0.25) is 0 Å². The van der Waals surface area contributed by atoms with Crippen LogP contribution >= 0.6 is 0 Å². The third kappa shape index (κ3) is 4.07. The number of benzene rings is 1. The van der Waals surface area contributed by atoms with Crippen LogP contribution in [-0.2, 0) is 16.0 Å². The lowest BCUT2D eigenvalue weighted by Crippen LogP contribution is -2.57. The minimum Gasteiger partial charge on any atom is -0.507 e. The summed E-state index contributed by atoms with van der Waals surface area (Å²) in [6.45, 7) is 0.227.